The molecule has 0 radical (unpaired) electrons. The van der Waals surface area contributed by atoms with Crippen molar-refractivity contribution < 1.29 is 19.4 Å². The Labute approximate surface area is 104 Å². The fourth-order valence-electron chi connectivity index (χ4n) is 1.08. The second-order valence-corrected chi connectivity index (χ2v) is 3.58. The minimum atomic E-state index is -1.40. The Hall–Kier alpha value is -2.28. The van der Waals surface area contributed by atoms with Gasteiger partial charge in [-0.15, -0.1) is 0 Å². The highest BCUT2D eigenvalue weighted by Crippen LogP contribution is 2.12. The first kappa shape index (κ1) is 13.8. The van der Waals surface area contributed by atoms with Crippen LogP contribution in [-0.2, 0) is 9.59 Å². The van der Waals surface area contributed by atoms with E-state index in [1.54, 1.807) is 24.3 Å². The van der Waals surface area contributed by atoms with Gasteiger partial charge in [0.25, 0.3) is 5.91 Å². The molecule has 1 aromatic carbocycles. The molecule has 0 aliphatic rings. The fourth-order valence-corrected chi connectivity index (χ4v) is 1.08. The molecule has 0 bridgehead atoms. The number of nitrogens with two attached hydrogens (primary N) is 2. The average Bonchev–Trinajstić information content (AvgIpc) is 2.35. The Kier molecular flexibility index (Phi) is 4.94. The highest BCUT2D eigenvalue weighted by Gasteiger charge is 2.12. The predicted molar refractivity (Wildman–Crippen MR) is 64.6 cm³/mol. The number of carbonyl (C=O) groups is 2. The molecule has 1 rings (SSSR count). The number of benzene rings is 1. The van der Waals surface area contributed by atoms with Crippen molar-refractivity contribution in [3.8, 4) is 5.75 Å². The van der Waals surface area contributed by atoms with Crippen LogP contribution in [0.5, 0.6) is 5.75 Å². The molecule has 0 aromatic heterocycles. The highest BCUT2D eigenvalue weighted by atomic mass is 16.5. The molecule has 7 heteroatoms. The first-order chi connectivity index (χ1) is 8.49. The molecular weight excluding hydrogens is 238 g/mol. The standard InChI is InChI=1S/C11H15N3O4/c12-7-1-3-8(4-2-7)18-6-10(16)14-5-9(15)11(13)17/h1-4,9,15H,5-6,12H2,(H2,13,17)(H,14,16). The molecule has 0 aliphatic heterocycles. The second-order valence-electron chi connectivity index (χ2n) is 3.58. The lowest BCUT2D eigenvalue weighted by Crippen LogP contribution is -2.41. The molecule has 0 heterocycles. The van der Waals surface area contributed by atoms with Gasteiger partial charge in [0.15, 0.2) is 6.61 Å². The van der Waals surface area contributed by atoms with Crippen molar-refractivity contribution >= 4 is 17.5 Å². The Bertz CT molecular complexity index is 419. The zero-order chi connectivity index (χ0) is 13.5. The molecule has 0 saturated heterocycles. The largest absolute Gasteiger partial charge is 0.484 e. The molecule has 0 saturated carbocycles. The van der Waals surface area contributed by atoms with Gasteiger partial charge in [-0.05, 0) is 24.3 Å². The second kappa shape index (κ2) is 6.45. The number of aliphatic hydroxyl groups is 1. The van der Waals surface area contributed by atoms with Crippen molar-refractivity contribution in [3.63, 3.8) is 0 Å². The monoisotopic (exact) mass is 253 g/mol. The van der Waals surface area contributed by atoms with Gasteiger partial charge in [0.1, 0.15) is 11.9 Å². The summed E-state index contributed by atoms with van der Waals surface area (Å²) in [5, 5.41) is 11.4. The molecule has 2 amide bonds. The van der Waals surface area contributed by atoms with E-state index in [1.807, 2.05) is 0 Å². The number of primary amides is 1. The van der Waals surface area contributed by atoms with E-state index >= 15 is 0 Å². The van der Waals surface area contributed by atoms with Crippen LogP contribution in [0.25, 0.3) is 0 Å². The zero-order valence-corrected chi connectivity index (χ0v) is 9.63. The van der Waals surface area contributed by atoms with Gasteiger partial charge in [-0.2, -0.15) is 0 Å². The number of anilines is 1. The summed E-state index contributed by atoms with van der Waals surface area (Å²) in [5.41, 5.74) is 10.9. The van der Waals surface area contributed by atoms with Gasteiger partial charge in [-0.25, -0.2) is 0 Å². The molecular formula is C11H15N3O4. The van der Waals surface area contributed by atoms with Gasteiger partial charge in [0, 0.05) is 5.69 Å². The number of nitrogen functional groups attached to an aromatic ring is 1. The van der Waals surface area contributed by atoms with E-state index in [9.17, 15) is 9.59 Å². The number of hydrogen-bond acceptors (Lipinski definition) is 5. The number of rotatable bonds is 6. The molecule has 6 N–H and O–H groups in total. The molecule has 18 heavy (non-hydrogen) atoms. The third-order valence-corrected chi connectivity index (χ3v) is 2.07. The van der Waals surface area contributed by atoms with Gasteiger partial charge in [0.05, 0.1) is 6.54 Å². The molecule has 98 valence electrons. The van der Waals surface area contributed by atoms with Gasteiger partial charge in [-0.1, -0.05) is 0 Å². The lowest BCUT2D eigenvalue weighted by molar-refractivity contribution is -0.127. The predicted octanol–water partition coefficient (Wildman–Crippen LogP) is -1.39. The first-order valence-electron chi connectivity index (χ1n) is 5.21. The van der Waals surface area contributed by atoms with E-state index in [-0.39, 0.29) is 13.2 Å². The summed E-state index contributed by atoms with van der Waals surface area (Å²) in [7, 11) is 0. The van der Waals surface area contributed by atoms with E-state index in [1.165, 1.54) is 0 Å². The smallest absolute Gasteiger partial charge is 0.258 e. The summed E-state index contributed by atoms with van der Waals surface area (Å²) in [6.45, 7) is -0.464. The van der Waals surface area contributed by atoms with Crippen LogP contribution < -0.4 is 21.5 Å². The van der Waals surface area contributed by atoms with Crippen LogP contribution in [0.15, 0.2) is 24.3 Å². The van der Waals surface area contributed by atoms with Crippen molar-refractivity contribution in [3.05, 3.63) is 24.3 Å². The van der Waals surface area contributed by atoms with Crippen molar-refractivity contribution in [2.45, 2.75) is 6.10 Å². The number of aliphatic hydroxyl groups excluding tert-OH is 1. The Balaban J connectivity index is 2.29. The van der Waals surface area contributed by atoms with E-state index in [2.05, 4.69) is 5.32 Å². The average molecular weight is 253 g/mol. The molecule has 1 aromatic rings. The molecule has 0 fully saturated rings. The minimum Gasteiger partial charge on any atom is -0.484 e. The number of carbonyl (C=O) groups excluding carboxylic acids is 2. The van der Waals surface area contributed by atoms with Crippen LogP contribution >= 0.6 is 0 Å². The molecule has 0 spiro atoms. The maximum atomic E-state index is 11.3. The van der Waals surface area contributed by atoms with Gasteiger partial charge >= 0.3 is 0 Å². The van der Waals surface area contributed by atoms with Gasteiger partial charge in [0.2, 0.25) is 5.91 Å². The maximum absolute atomic E-state index is 11.3. The summed E-state index contributed by atoms with van der Waals surface area (Å²) < 4.78 is 5.15. The molecule has 1 unspecified atom stereocenters. The van der Waals surface area contributed by atoms with Crippen LogP contribution in [0.3, 0.4) is 0 Å². The third-order valence-electron chi connectivity index (χ3n) is 2.07. The normalized spacial score (nSPS) is 11.6. The van der Waals surface area contributed by atoms with Crippen molar-refractivity contribution in [2.75, 3.05) is 18.9 Å². The van der Waals surface area contributed by atoms with Crippen molar-refractivity contribution in [2.24, 2.45) is 5.73 Å². The first-order valence-corrected chi connectivity index (χ1v) is 5.21. The highest BCUT2D eigenvalue weighted by molar-refractivity contribution is 5.81. The van der Waals surface area contributed by atoms with Crippen molar-refractivity contribution in [1.29, 1.82) is 0 Å². The summed E-state index contributed by atoms with van der Waals surface area (Å²) in [6.07, 6.45) is -1.40. The SMILES string of the molecule is NC(=O)C(O)CNC(=O)COc1ccc(N)cc1. The van der Waals surface area contributed by atoms with Crippen LogP contribution in [0.2, 0.25) is 0 Å². The van der Waals surface area contributed by atoms with Crippen LogP contribution in [0.1, 0.15) is 0 Å². The summed E-state index contributed by atoms with van der Waals surface area (Å²) in [6, 6.07) is 6.54. The summed E-state index contributed by atoms with van der Waals surface area (Å²) >= 11 is 0. The number of nitrogens with one attached hydrogen (secondary N) is 1. The quantitative estimate of drug-likeness (QED) is 0.464. The third kappa shape index (κ3) is 4.71. The van der Waals surface area contributed by atoms with Crippen molar-refractivity contribution in [1.82, 2.24) is 5.32 Å². The topological polar surface area (TPSA) is 128 Å². The van der Waals surface area contributed by atoms with E-state index < -0.39 is 17.9 Å². The zero-order valence-electron chi connectivity index (χ0n) is 9.63. The summed E-state index contributed by atoms with van der Waals surface area (Å²) in [4.78, 5) is 21.8. The maximum Gasteiger partial charge on any atom is 0.258 e. The molecule has 7 nitrogen and oxygen atoms in total. The molecule has 0 aliphatic carbocycles. The van der Waals surface area contributed by atoms with E-state index in [0.717, 1.165) is 0 Å². The number of ether oxygens (including phenoxy) is 1. The van der Waals surface area contributed by atoms with E-state index in [0.29, 0.717) is 11.4 Å². The number of amides is 2. The lowest BCUT2D eigenvalue weighted by atomic mass is 10.3. The number of hydrogen-bond donors (Lipinski definition) is 4. The van der Waals surface area contributed by atoms with Crippen LogP contribution in [-0.4, -0.2) is 36.2 Å². The van der Waals surface area contributed by atoms with Crippen LogP contribution in [0, 0.1) is 0 Å². The van der Waals surface area contributed by atoms with E-state index in [4.69, 9.17) is 21.3 Å². The van der Waals surface area contributed by atoms with Gasteiger partial charge < -0.3 is 26.6 Å². The minimum absolute atomic E-state index is 0.227. The Morgan fingerprint density at radius 2 is 1.94 bits per heavy atom. The molecule has 1 atom stereocenters. The fraction of sp³-hybridized carbons (Fsp3) is 0.273. The Morgan fingerprint density at radius 1 is 1.33 bits per heavy atom. The van der Waals surface area contributed by atoms with Crippen LogP contribution in [0.4, 0.5) is 5.69 Å². The lowest BCUT2D eigenvalue weighted by Gasteiger charge is -2.09. The Morgan fingerprint density at radius 3 is 2.50 bits per heavy atom. The van der Waals surface area contributed by atoms with Gasteiger partial charge in [-0.3, -0.25) is 9.59 Å². The summed E-state index contributed by atoms with van der Waals surface area (Å²) in [5.74, 6) is -0.864.